The number of rotatable bonds is 5. The molecule has 0 amide bonds. The van der Waals surface area contributed by atoms with Gasteiger partial charge in [-0.15, -0.1) is 5.10 Å². The normalized spacial score (nSPS) is 16.5. The molecule has 7 heteroatoms. The van der Waals surface area contributed by atoms with E-state index < -0.39 is 0 Å². The highest BCUT2D eigenvalue weighted by Gasteiger charge is 2.21. The lowest BCUT2D eigenvalue weighted by Crippen LogP contribution is -2.41. The third kappa shape index (κ3) is 3.23. The maximum Gasteiger partial charge on any atom is 0.350 e. The van der Waals surface area contributed by atoms with Gasteiger partial charge in [0.05, 0.1) is 6.54 Å². The quantitative estimate of drug-likeness (QED) is 0.700. The van der Waals surface area contributed by atoms with E-state index in [2.05, 4.69) is 10.00 Å². The number of aromatic nitrogens is 3. The Labute approximate surface area is 145 Å². The summed E-state index contributed by atoms with van der Waals surface area (Å²) in [7, 11) is 2.00. The first kappa shape index (κ1) is 15.7. The number of likely N-dealkylation sites (N-methyl/N-ethyl adjacent to an activating group) is 1. The van der Waals surface area contributed by atoms with Gasteiger partial charge in [0.2, 0.25) is 0 Å². The predicted molar refractivity (Wildman–Crippen MR) is 93.3 cm³/mol. The summed E-state index contributed by atoms with van der Waals surface area (Å²) < 4.78 is 14.8. The lowest BCUT2D eigenvalue weighted by molar-refractivity contribution is 0.0644. The molecule has 0 bridgehead atoms. The van der Waals surface area contributed by atoms with Crippen molar-refractivity contribution < 1.29 is 9.47 Å². The van der Waals surface area contributed by atoms with E-state index in [0.717, 1.165) is 18.0 Å². The lowest BCUT2D eigenvalue weighted by Gasteiger charge is -2.29. The van der Waals surface area contributed by atoms with Gasteiger partial charge < -0.3 is 14.4 Å². The molecule has 7 nitrogen and oxygen atoms in total. The van der Waals surface area contributed by atoms with Gasteiger partial charge >= 0.3 is 5.69 Å². The fourth-order valence-electron chi connectivity index (χ4n) is 2.97. The average molecular weight is 340 g/mol. The van der Waals surface area contributed by atoms with Crippen molar-refractivity contribution in [3.8, 4) is 11.5 Å². The fourth-order valence-corrected chi connectivity index (χ4v) is 2.97. The van der Waals surface area contributed by atoms with Crippen LogP contribution in [0.2, 0.25) is 0 Å². The Morgan fingerprint density at radius 3 is 2.84 bits per heavy atom. The Bertz CT molecular complexity index is 933. The summed E-state index contributed by atoms with van der Waals surface area (Å²) in [6.45, 7) is 2.47. The molecule has 3 aromatic rings. The summed E-state index contributed by atoms with van der Waals surface area (Å²) in [5.41, 5.74) is 0.547. The van der Waals surface area contributed by atoms with Gasteiger partial charge in [0, 0.05) is 19.3 Å². The minimum absolute atomic E-state index is 0.0299. The van der Waals surface area contributed by atoms with E-state index in [0.29, 0.717) is 25.3 Å². The van der Waals surface area contributed by atoms with Crippen LogP contribution in [0, 0.1) is 0 Å². The Balaban J connectivity index is 1.36. The largest absolute Gasteiger partial charge is 0.486 e. The van der Waals surface area contributed by atoms with Crippen LogP contribution >= 0.6 is 0 Å². The van der Waals surface area contributed by atoms with Gasteiger partial charge in [0.1, 0.15) is 12.7 Å². The highest BCUT2D eigenvalue weighted by Crippen LogP contribution is 2.30. The van der Waals surface area contributed by atoms with E-state index >= 15 is 0 Å². The summed E-state index contributed by atoms with van der Waals surface area (Å²) in [4.78, 5) is 14.4. The van der Waals surface area contributed by atoms with E-state index in [1.807, 2.05) is 49.5 Å². The van der Waals surface area contributed by atoms with Crippen molar-refractivity contribution in [3.63, 3.8) is 0 Å². The van der Waals surface area contributed by atoms with Crippen LogP contribution in [0.25, 0.3) is 5.65 Å². The molecule has 130 valence electrons. The van der Waals surface area contributed by atoms with E-state index in [1.165, 1.54) is 4.68 Å². The van der Waals surface area contributed by atoms with Crippen molar-refractivity contribution in [1.29, 1.82) is 0 Å². The number of nitrogens with zero attached hydrogens (tertiary/aromatic N) is 4. The number of benzene rings is 1. The molecule has 1 aromatic carbocycles. The molecule has 1 atom stereocenters. The molecule has 0 fully saturated rings. The third-order valence-corrected chi connectivity index (χ3v) is 4.26. The second-order valence-corrected chi connectivity index (χ2v) is 6.19. The van der Waals surface area contributed by atoms with Gasteiger partial charge in [-0.05, 0) is 31.3 Å². The van der Waals surface area contributed by atoms with Gasteiger partial charge in [-0.25, -0.2) is 9.48 Å². The van der Waals surface area contributed by atoms with Crippen LogP contribution in [0.4, 0.5) is 0 Å². The third-order valence-electron chi connectivity index (χ3n) is 4.26. The van der Waals surface area contributed by atoms with Gasteiger partial charge in [-0.2, -0.15) is 0 Å². The van der Waals surface area contributed by atoms with Gasteiger partial charge in [0.25, 0.3) is 0 Å². The first-order valence-corrected chi connectivity index (χ1v) is 8.32. The van der Waals surface area contributed by atoms with Crippen molar-refractivity contribution >= 4 is 5.65 Å². The highest BCUT2D eigenvalue weighted by atomic mass is 16.6. The van der Waals surface area contributed by atoms with E-state index in [9.17, 15) is 4.79 Å². The molecule has 0 spiro atoms. The van der Waals surface area contributed by atoms with Crippen molar-refractivity contribution in [2.45, 2.75) is 12.6 Å². The number of fused-ring (bicyclic) bond motifs is 2. The second kappa shape index (κ2) is 6.60. The number of para-hydroxylation sites is 2. The monoisotopic (exact) mass is 340 g/mol. The van der Waals surface area contributed by atoms with Crippen molar-refractivity contribution in [2.24, 2.45) is 0 Å². The van der Waals surface area contributed by atoms with Crippen molar-refractivity contribution in [2.75, 3.05) is 26.7 Å². The second-order valence-electron chi connectivity index (χ2n) is 6.19. The zero-order valence-electron chi connectivity index (χ0n) is 14.0. The van der Waals surface area contributed by atoms with Crippen molar-refractivity contribution in [1.82, 2.24) is 19.1 Å². The van der Waals surface area contributed by atoms with Gasteiger partial charge in [-0.1, -0.05) is 18.2 Å². The van der Waals surface area contributed by atoms with E-state index in [-0.39, 0.29) is 11.8 Å². The van der Waals surface area contributed by atoms with Crippen LogP contribution in [0.3, 0.4) is 0 Å². The zero-order valence-corrected chi connectivity index (χ0v) is 14.0. The molecule has 0 unspecified atom stereocenters. The lowest BCUT2D eigenvalue weighted by atomic mass is 10.2. The molecule has 25 heavy (non-hydrogen) atoms. The topological polar surface area (TPSA) is 61.0 Å². The van der Waals surface area contributed by atoms with E-state index in [1.54, 1.807) is 10.6 Å². The van der Waals surface area contributed by atoms with Crippen LogP contribution in [0.1, 0.15) is 0 Å². The minimum atomic E-state index is -0.116. The van der Waals surface area contributed by atoms with Crippen LogP contribution in [-0.4, -0.2) is 51.9 Å². The first-order valence-electron chi connectivity index (χ1n) is 8.32. The van der Waals surface area contributed by atoms with E-state index in [4.69, 9.17) is 9.47 Å². The molecule has 0 aliphatic carbocycles. The summed E-state index contributed by atoms with van der Waals surface area (Å²) in [6, 6.07) is 13.2. The maximum atomic E-state index is 12.3. The Hall–Kier alpha value is -2.80. The molecule has 2 aromatic heterocycles. The van der Waals surface area contributed by atoms with Crippen LogP contribution in [0.5, 0.6) is 11.5 Å². The summed E-state index contributed by atoms with van der Waals surface area (Å²) in [5, 5.41) is 4.35. The molecule has 4 rings (SSSR count). The average Bonchev–Trinajstić information content (AvgIpc) is 2.96. The molecular formula is C18H20N4O3. The fraction of sp³-hybridized carbons (Fsp3) is 0.333. The summed E-state index contributed by atoms with van der Waals surface area (Å²) in [6.07, 6.45) is 1.70. The van der Waals surface area contributed by atoms with Gasteiger partial charge in [0.15, 0.2) is 17.1 Å². The Morgan fingerprint density at radius 1 is 1.20 bits per heavy atom. The smallest absolute Gasteiger partial charge is 0.350 e. The minimum Gasteiger partial charge on any atom is -0.486 e. The molecule has 0 saturated heterocycles. The summed E-state index contributed by atoms with van der Waals surface area (Å²) in [5.74, 6) is 1.57. The number of pyridine rings is 1. The Kier molecular flexibility index (Phi) is 4.15. The first-order chi connectivity index (χ1) is 12.2. The maximum absolute atomic E-state index is 12.3. The van der Waals surface area contributed by atoms with Crippen LogP contribution < -0.4 is 15.2 Å². The number of ether oxygens (including phenoxy) is 2. The number of hydrogen-bond donors (Lipinski definition) is 0. The zero-order chi connectivity index (χ0) is 17.2. The molecule has 0 saturated carbocycles. The molecule has 3 heterocycles. The van der Waals surface area contributed by atoms with Crippen LogP contribution in [0.15, 0.2) is 53.5 Å². The standard InChI is InChI=1S/C18H20N4O3/c1-20(12-14-13-24-15-6-2-3-7-16(15)25-14)10-11-22-18(23)21-9-5-4-8-17(21)19-22/h2-9,14H,10-13H2,1H3/t14-/m1/s1. The highest BCUT2D eigenvalue weighted by molar-refractivity contribution is 5.40. The molecule has 1 aliphatic rings. The van der Waals surface area contributed by atoms with Crippen LogP contribution in [-0.2, 0) is 6.54 Å². The molecule has 0 radical (unpaired) electrons. The van der Waals surface area contributed by atoms with Crippen molar-refractivity contribution in [3.05, 3.63) is 59.1 Å². The Morgan fingerprint density at radius 2 is 2.00 bits per heavy atom. The van der Waals surface area contributed by atoms with Gasteiger partial charge in [-0.3, -0.25) is 4.40 Å². The molecular weight excluding hydrogens is 320 g/mol. The predicted octanol–water partition coefficient (Wildman–Crippen LogP) is 1.27. The number of hydrogen-bond acceptors (Lipinski definition) is 5. The SMILES string of the molecule is CN(CCn1nc2ccccn2c1=O)C[C@@H]1COc2ccccc2O1. The summed E-state index contributed by atoms with van der Waals surface area (Å²) >= 11 is 0. The molecule has 0 N–H and O–H groups in total. The molecule has 1 aliphatic heterocycles.